The minimum absolute atomic E-state index is 0.111. The molecule has 0 heterocycles. The Morgan fingerprint density at radius 2 is 1.71 bits per heavy atom. The number of carbonyl (C=O) groups is 4. The molecule has 0 bridgehead atoms. The average molecular weight is 309 g/mol. The SMILES string of the molecule is CC(=O)NC(CSC(=O)c1ccccc1C(C)=O)C(=O)O. The van der Waals surface area contributed by atoms with Crippen LogP contribution < -0.4 is 5.32 Å². The van der Waals surface area contributed by atoms with Gasteiger partial charge in [-0.25, -0.2) is 4.79 Å². The second-order valence-corrected chi connectivity index (χ2v) is 5.28. The molecule has 0 aliphatic carbocycles. The number of hydrogen-bond donors (Lipinski definition) is 2. The van der Waals surface area contributed by atoms with Gasteiger partial charge >= 0.3 is 5.97 Å². The summed E-state index contributed by atoms with van der Waals surface area (Å²) in [4.78, 5) is 45.4. The van der Waals surface area contributed by atoms with E-state index in [2.05, 4.69) is 5.32 Å². The Morgan fingerprint density at radius 1 is 1.14 bits per heavy atom. The van der Waals surface area contributed by atoms with Gasteiger partial charge in [0.25, 0.3) is 0 Å². The maximum Gasteiger partial charge on any atom is 0.327 e. The Hall–Kier alpha value is -2.15. The van der Waals surface area contributed by atoms with Crippen LogP contribution in [0.3, 0.4) is 0 Å². The van der Waals surface area contributed by atoms with Gasteiger partial charge in [-0.05, 0) is 13.0 Å². The number of amides is 1. The molecule has 0 spiro atoms. The van der Waals surface area contributed by atoms with Crippen LogP contribution in [0.1, 0.15) is 34.6 Å². The molecule has 2 N–H and O–H groups in total. The van der Waals surface area contributed by atoms with Crippen LogP contribution in [0.2, 0.25) is 0 Å². The van der Waals surface area contributed by atoms with Crippen LogP contribution in [-0.2, 0) is 9.59 Å². The van der Waals surface area contributed by atoms with Crippen molar-refractivity contribution in [2.45, 2.75) is 19.9 Å². The Kier molecular flexibility index (Phi) is 6.10. The first-order valence-corrected chi connectivity index (χ1v) is 7.08. The Bertz CT molecular complexity index is 584. The number of hydrogen-bond acceptors (Lipinski definition) is 5. The van der Waals surface area contributed by atoms with Crippen LogP contribution in [0.5, 0.6) is 0 Å². The minimum Gasteiger partial charge on any atom is -0.480 e. The normalized spacial score (nSPS) is 11.5. The second-order valence-electron chi connectivity index (χ2n) is 4.29. The summed E-state index contributed by atoms with van der Waals surface area (Å²) in [6.45, 7) is 2.56. The van der Waals surface area contributed by atoms with Crippen LogP contribution in [0, 0.1) is 0 Å². The summed E-state index contributed by atoms with van der Waals surface area (Å²) in [5.74, 6) is -2.05. The fourth-order valence-electron chi connectivity index (χ4n) is 1.62. The van der Waals surface area contributed by atoms with Crippen LogP contribution in [0.25, 0.3) is 0 Å². The third-order valence-electron chi connectivity index (χ3n) is 2.58. The van der Waals surface area contributed by atoms with Gasteiger partial charge in [-0.3, -0.25) is 14.4 Å². The molecule has 21 heavy (non-hydrogen) atoms. The lowest BCUT2D eigenvalue weighted by molar-refractivity contribution is -0.140. The van der Waals surface area contributed by atoms with Gasteiger partial charge < -0.3 is 10.4 Å². The largest absolute Gasteiger partial charge is 0.480 e. The molecule has 0 saturated heterocycles. The van der Waals surface area contributed by atoms with E-state index in [9.17, 15) is 19.2 Å². The van der Waals surface area contributed by atoms with Crippen LogP contribution in [0.4, 0.5) is 0 Å². The molecule has 6 nitrogen and oxygen atoms in total. The number of rotatable bonds is 6. The predicted molar refractivity (Wildman–Crippen MR) is 78.5 cm³/mol. The Labute approximate surface area is 125 Å². The summed E-state index contributed by atoms with van der Waals surface area (Å²) >= 11 is 0.753. The molecule has 112 valence electrons. The van der Waals surface area contributed by atoms with E-state index in [1.54, 1.807) is 18.2 Å². The fraction of sp³-hybridized carbons (Fsp3) is 0.286. The van der Waals surface area contributed by atoms with Crippen molar-refractivity contribution in [3.63, 3.8) is 0 Å². The molecule has 1 aromatic carbocycles. The van der Waals surface area contributed by atoms with Gasteiger partial charge in [0.05, 0.1) is 0 Å². The maximum absolute atomic E-state index is 12.1. The smallest absolute Gasteiger partial charge is 0.327 e. The van der Waals surface area contributed by atoms with Gasteiger partial charge in [-0.15, -0.1) is 0 Å². The number of carboxylic acid groups (broad SMARTS) is 1. The molecule has 1 unspecified atom stereocenters. The number of Topliss-reactive ketones (excluding diaryl/α,β-unsaturated/α-hetero) is 1. The van der Waals surface area contributed by atoms with Crippen molar-refractivity contribution in [3.8, 4) is 0 Å². The highest BCUT2D eigenvalue weighted by Crippen LogP contribution is 2.18. The molecule has 0 radical (unpaired) electrons. The summed E-state index contributed by atoms with van der Waals surface area (Å²) in [5.41, 5.74) is 0.531. The summed E-state index contributed by atoms with van der Waals surface area (Å²) in [7, 11) is 0. The van der Waals surface area contributed by atoms with Crippen molar-refractivity contribution < 1.29 is 24.3 Å². The van der Waals surface area contributed by atoms with Crippen LogP contribution >= 0.6 is 11.8 Å². The van der Waals surface area contributed by atoms with E-state index in [1.807, 2.05) is 0 Å². The summed E-state index contributed by atoms with van der Waals surface area (Å²) in [5, 5.41) is 10.8. The quantitative estimate of drug-likeness (QED) is 0.769. The van der Waals surface area contributed by atoms with Crippen molar-refractivity contribution in [1.29, 1.82) is 0 Å². The molecule has 1 aromatic rings. The maximum atomic E-state index is 12.1. The molecule has 0 fully saturated rings. The summed E-state index contributed by atoms with van der Waals surface area (Å²) in [6.07, 6.45) is 0. The first-order valence-electron chi connectivity index (χ1n) is 6.10. The highest BCUT2D eigenvalue weighted by Gasteiger charge is 2.22. The van der Waals surface area contributed by atoms with E-state index in [1.165, 1.54) is 19.9 Å². The standard InChI is InChI=1S/C14H15NO5S/c1-8(16)10-5-3-4-6-11(10)14(20)21-7-12(13(18)19)15-9(2)17/h3-6,12H,7H2,1-2H3,(H,15,17)(H,18,19). The topological polar surface area (TPSA) is 101 Å². The Morgan fingerprint density at radius 3 is 2.19 bits per heavy atom. The first-order chi connectivity index (χ1) is 9.82. The van der Waals surface area contributed by atoms with Crippen molar-refractivity contribution in [2.24, 2.45) is 0 Å². The summed E-state index contributed by atoms with van der Waals surface area (Å²) < 4.78 is 0. The minimum atomic E-state index is -1.22. The number of carboxylic acids is 1. The molecule has 0 saturated carbocycles. The van der Waals surface area contributed by atoms with Crippen LogP contribution in [-0.4, -0.2) is 39.7 Å². The zero-order chi connectivity index (χ0) is 16.0. The van der Waals surface area contributed by atoms with Crippen LogP contribution in [0.15, 0.2) is 24.3 Å². The van der Waals surface area contributed by atoms with Gasteiger partial charge in [0.15, 0.2) is 5.78 Å². The highest BCUT2D eigenvalue weighted by molar-refractivity contribution is 8.14. The number of aliphatic carboxylic acids is 1. The van der Waals surface area contributed by atoms with Gasteiger partial charge in [0, 0.05) is 23.8 Å². The van der Waals surface area contributed by atoms with Gasteiger partial charge in [0.1, 0.15) is 6.04 Å². The average Bonchev–Trinajstić information content (AvgIpc) is 2.42. The van der Waals surface area contributed by atoms with Crippen molar-refractivity contribution in [1.82, 2.24) is 5.32 Å². The van der Waals surface area contributed by atoms with Gasteiger partial charge in [-0.2, -0.15) is 0 Å². The molecule has 0 aliphatic heterocycles. The van der Waals surface area contributed by atoms with Gasteiger partial charge in [0.2, 0.25) is 11.0 Å². The molecule has 1 rings (SSSR count). The van der Waals surface area contributed by atoms with E-state index in [4.69, 9.17) is 5.11 Å². The van der Waals surface area contributed by atoms with E-state index in [0.29, 0.717) is 5.56 Å². The summed E-state index contributed by atoms with van der Waals surface area (Å²) in [6, 6.07) is 5.18. The van der Waals surface area contributed by atoms with E-state index in [0.717, 1.165) is 11.8 Å². The number of benzene rings is 1. The zero-order valence-electron chi connectivity index (χ0n) is 11.6. The Balaban J connectivity index is 2.79. The highest BCUT2D eigenvalue weighted by atomic mass is 32.2. The monoisotopic (exact) mass is 309 g/mol. The molecule has 0 aromatic heterocycles. The van der Waals surface area contributed by atoms with E-state index in [-0.39, 0.29) is 17.1 Å². The number of ketones is 1. The van der Waals surface area contributed by atoms with Gasteiger partial charge in [-0.1, -0.05) is 30.0 Å². The van der Waals surface area contributed by atoms with Crippen molar-refractivity contribution in [3.05, 3.63) is 35.4 Å². The number of carbonyl (C=O) groups excluding carboxylic acids is 3. The zero-order valence-corrected chi connectivity index (χ0v) is 12.4. The van der Waals surface area contributed by atoms with E-state index >= 15 is 0 Å². The first kappa shape index (κ1) is 16.9. The third-order valence-corrected chi connectivity index (χ3v) is 3.57. The third kappa shape index (κ3) is 5.03. The molecule has 1 atom stereocenters. The van der Waals surface area contributed by atoms with Crippen molar-refractivity contribution >= 4 is 34.5 Å². The molecule has 0 aliphatic rings. The number of thioether (sulfide) groups is 1. The predicted octanol–water partition coefficient (Wildman–Crippen LogP) is 1.35. The lowest BCUT2D eigenvalue weighted by Gasteiger charge is -2.12. The van der Waals surface area contributed by atoms with E-state index < -0.39 is 23.0 Å². The molecule has 1 amide bonds. The van der Waals surface area contributed by atoms with Crippen molar-refractivity contribution in [2.75, 3.05) is 5.75 Å². The second kappa shape index (κ2) is 7.58. The lowest BCUT2D eigenvalue weighted by Crippen LogP contribution is -2.41. The lowest BCUT2D eigenvalue weighted by atomic mass is 10.1. The fourth-order valence-corrected chi connectivity index (χ4v) is 2.50. The molecular weight excluding hydrogens is 294 g/mol. The number of nitrogens with one attached hydrogen (secondary N) is 1. The molecular formula is C14H15NO5S. The molecule has 7 heteroatoms.